The van der Waals surface area contributed by atoms with Gasteiger partial charge in [0.15, 0.2) is 0 Å². The van der Waals surface area contributed by atoms with Crippen molar-refractivity contribution in [1.82, 2.24) is 9.47 Å². The van der Waals surface area contributed by atoms with Gasteiger partial charge >= 0.3 is 0 Å². The summed E-state index contributed by atoms with van der Waals surface area (Å²) >= 11 is 0. The lowest BCUT2D eigenvalue weighted by Crippen LogP contribution is -2.38. The highest BCUT2D eigenvalue weighted by atomic mass is 16.2. The Morgan fingerprint density at radius 2 is 2.21 bits per heavy atom. The molecular formula is C11H14N2O. The minimum Gasteiger partial charge on any atom is -0.348 e. The molecule has 0 N–H and O–H groups in total. The molecule has 0 bridgehead atoms. The molecule has 1 aliphatic carbocycles. The molecule has 74 valence electrons. The second-order valence-corrected chi connectivity index (χ2v) is 4.23. The number of fused-ring (bicyclic) bond motifs is 1. The number of aromatic nitrogens is 1. The molecule has 3 heteroatoms. The minimum atomic E-state index is 0.358. The number of amides is 1. The van der Waals surface area contributed by atoms with Gasteiger partial charge in [-0.15, -0.1) is 0 Å². The minimum absolute atomic E-state index is 0.358. The van der Waals surface area contributed by atoms with E-state index < -0.39 is 0 Å². The summed E-state index contributed by atoms with van der Waals surface area (Å²) < 4.78 is 2.23. The molecule has 0 saturated heterocycles. The average Bonchev–Trinajstić information content (AvgIpc) is 2.95. The van der Waals surface area contributed by atoms with Crippen LogP contribution in [0.3, 0.4) is 0 Å². The summed E-state index contributed by atoms with van der Waals surface area (Å²) in [6, 6.07) is 4.16. The normalized spacial score (nSPS) is 20.7. The molecule has 0 radical (unpaired) electrons. The molecule has 3 rings (SSSR count). The van der Waals surface area contributed by atoms with Crippen LogP contribution in [0.2, 0.25) is 0 Å². The fourth-order valence-electron chi connectivity index (χ4n) is 2.09. The Kier molecular flexibility index (Phi) is 1.66. The third-order valence-electron chi connectivity index (χ3n) is 3.13. The Hall–Kier alpha value is -1.25. The SMILES string of the molecule is O=C(C1CC1)N1CCn2cccc2C1. The summed E-state index contributed by atoms with van der Waals surface area (Å²) in [7, 11) is 0. The Bertz CT molecular complexity index is 365. The van der Waals surface area contributed by atoms with Crippen LogP contribution in [0.5, 0.6) is 0 Å². The molecule has 2 heterocycles. The molecule has 1 saturated carbocycles. The van der Waals surface area contributed by atoms with Crippen LogP contribution in [0.1, 0.15) is 18.5 Å². The standard InChI is InChI=1S/C11H14N2O/c14-11(9-3-4-9)13-7-6-12-5-1-2-10(12)8-13/h1-2,5,9H,3-4,6-8H2. The molecule has 1 amide bonds. The van der Waals surface area contributed by atoms with E-state index >= 15 is 0 Å². The van der Waals surface area contributed by atoms with Crippen LogP contribution in [0.15, 0.2) is 18.3 Å². The summed E-state index contributed by atoms with van der Waals surface area (Å²) in [4.78, 5) is 13.8. The third kappa shape index (κ3) is 1.24. The fraction of sp³-hybridized carbons (Fsp3) is 0.545. The third-order valence-corrected chi connectivity index (χ3v) is 3.13. The summed E-state index contributed by atoms with van der Waals surface area (Å²) in [5.41, 5.74) is 1.27. The van der Waals surface area contributed by atoms with E-state index in [2.05, 4.69) is 22.9 Å². The highest BCUT2D eigenvalue weighted by Crippen LogP contribution is 2.32. The van der Waals surface area contributed by atoms with Crippen molar-refractivity contribution in [2.24, 2.45) is 5.92 Å². The van der Waals surface area contributed by atoms with E-state index in [1.54, 1.807) is 0 Å². The smallest absolute Gasteiger partial charge is 0.226 e. The van der Waals surface area contributed by atoms with E-state index in [0.717, 1.165) is 32.5 Å². The van der Waals surface area contributed by atoms with Crippen molar-refractivity contribution in [3.05, 3.63) is 24.0 Å². The second-order valence-electron chi connectivity index (χ2n) is 4.23. The molecular weight excluding hydrogens is 176 g/mol. The molecule has 1 aromatic rings. The molecule has 1 aliphatic heterocycles. The van der Waals surface area contributed by atoms with Crippen molar-refractivity contribution < 1.29 is 4.79 Å². The first-order chi connectivity index (χ1) is 6.84. The van der Waals surface area contributed by atoms with Crippen molar-refractivity contribution in [1.29, 1.82) is 0 Å². The number of hydrogen-bond donors (Lipinski definition) is 0. The van der Waals surface area contributed by atoms with E-state index in [1.807, 2.05) is 4.90 Å². The van der Waals surface area contributed by atoms with E-state index in [1.165, 1.54) is 5.69 Å². The van der Waals surface area contributed by atoms with Crippen LogP contribution in [0, 0.1) is 5.92 Å². The molecule has 0 unspecified atom stereocenters. The topological polar surface area (TPSA) is 25.2 Å². The molecule has 1 aromatic heterocycles. The van der Waals surface area contributed by atoms with E-state index in [9.17, 15) is 4.79 Å². The lowest BCUT2D eigenvalue weighted by Gasteiger charge is -2.28. The van der Waals surface area contributed by atoms with Gasteiger partial charge < -0.3 is 9.47 Å². The van der Waals surface area contributed by atoms with Crippen LogP contribution < -0.4 is 0 Å². The van der Waals surface area contributed by atoms with E-state index in [4.69, 9.17) is 0 Å². The summed E-state index contributed by atoms with van der Waals surface area (Å²) in [5, 5.41) is 0. The predicted molar refractivity (Wildman–Crippen MR) is 52.6 cm³/mol. The van der Waals surface area contributed by atoms with E-state index in [-0.39, 0.29) is 0 Å². The monoisotopic (exact) mass is 190 g/mol. The lowest BCUT2D eigenvalue weighted by molar-refractivity contribution is -0.134. The highest BCUT2D eigenvalue weighted by Gasteiger charge is 2.34. The van der Waals surface area contributed by atoms with E-state index in [0.29, 0.717) is 11.8 Å². The lowest BCUT2D eigenvalue weighted by atomic mass is 10.2. The van der Waals surface area contributed by atoms with Gasteiger partial charge in [-0.25, -0.2) is 0 Å². The van der Waals surface area contributed by atoms with Gasteiger partial charge in [-0.05, 0) is 25.0 Å². The van der Waals surface area contributed by atoms with Crippen molar-refractivity contribution in [3.8, 4) is 0 Å². The zero-order valence-electron chi connectivity index (χ0n) is 8.15. The van der Waals surface area contributed by atoms with Gasteiger partial charge in [-0.3, -0.25) is 4.79 Å². The van der Waals surface area contributed by atoms with Crippen LogP contribution in [0.4, 0.5) is 0 Å². The summed E-state index contributed by atoms with van der Waals surface area (Å²) in [6.45, 7) is 2.65. The van der Waals surface area contributed by atoms with Gasteiger partial charge in [-0.2, -0.15) is 0 Å². The molecule has 1 fully saturated rings. The maximum absolute atomic E-state index is 11.8. The molecule has 0 aromatic carbocycles. The molecule has 3 nitrogen and oxygen atoms in total. The second kappa shape index (κ2) is 2.87. The van der Waals surface area contributed by atoms with Gasteiger partial charge in [0.25, 0.3) is 0 Å². The number of nitrogens with zero attached hydrogens (tertiary/aromatic N) is 2. The summed E-state index contributed by atoms with van der Waals surface area (Å²) in [6.07, 6.45) is 4.31. The van der Waals surface area contributed by atoms with Gasteiger partial charge in [0, 0.05) is 30.9 Å². The quantitative estimate of drug-likeness (QED) is 0.654. The Balaban J connectivity index is 1.77. The molecule has 2 aliphatic rings. The van der Waals surface area contributed by atoms with Gasteiger partial charge in [0.05, 0.1) is 6.54 Å². The van der Waals surface area contributed by atoms with Crippen molar-refractivity contribution in [2.45, 2.75) is 25.9 Å². The Morgan fingerprint density at radius 3 is 3.00 bits per heavy atom. The maximum Gasteiger partial charge on any atom is 0.226 e. The number of carbonyl (C=O) groups is 1. The maximum atomic E-state index is 11.8. The average molecular weight is 190 g/mol. The largest absolute Gasteiger partial charge is 0.348 e. The van der Waals surface area contributed by atoms with Crippen LogP contribution in [-0.2, 0) is 17.9 Å². The first kappa shape index (κ1) is 8.09. The summed E-state index contributed by atoms with van der Waals surface area (Å²) in [5.74, 6) is 0.731. The Labute approximate surface area is 83.3 Å². The number of rotatable bonds is 1. The zero-order valence-corrected chi connectivity index (χ0v) is 8.15. The highest BCUT2D eigenvalue weighted by molar-refractivity contribution is 5.81. The predicted octanol–water partition coefficient (Wildman–Crippen LogP) is 1.24. The van der Waals surface area contributed by atoms with Crippen LogP contribution in [-0.4, -0.2) is 21.9 Å². The van der Waals surface area contributed by atoms with Crippen LogP contribution >= 0.6 is 0 Å². The first-order valence-corrected chi connectivity index (χ1v) is 5.27. The number of hydrogen-bond acceptors (Lipinski definition) is 1. The zero-order chi connectivity index (χ0) is 9.54. The van der Waals surface area contributed by atoms with Gasteiger partial charge in [0.2, 0.25) is 5.91 Å². The molecule has 0 spiro atoms. The molecule has 14 heavy (non-hydrogen) atoms. The van der Waals surface area contributed by atoms with Gasteiger partial charge in [0.1, 0.15) is 0 Å². The molecule has 0 atom stereocenters. The van der Waals surface area contributed by atoms with Crippen molar-refractivity contribution in [2.75, 3.05) is 6.54 Å². The van der Waals surface area contributed by atoms with Crippen molar-refractivity contribution >= 4 is 5.91 Å². The van der Waals surface area contributed by atoms with Crippen molar-refractivity contribution in [3.63, 3.8) is 0 Å². The number of carbonyl (C=O) groups excluding carboxylic acids is 1. The van der Waals surface area contributed by atoms with Gasteiger partial charge in [-0.1, -0.05) is 0 Å². The Morgan fingerprint density at radius 1 is 1.36 bits per heavy atom. The fourth-order valence-corrected chi connectivity index (χ4v) is 2.09. The first-order valence-electron chi connectivity index (χ1n) is 5.27. The van der Waals surface area contributed by atoms with Crippen LogP contribution in [0.25, 0.3) is 0 Å².